The minimum atomic E-state index is -0.0260. The highest BCUT2D eigenvalue weighted by Gasteiger charge is 2.15. The fourth-order valence-electron chi connectivity index (χ4n) is 2.68. The fraction of sp³-hybridized carbons (Fsp3) is 0.0952. The first kappa shape index (κ1) is 17.5. The first-order chi connectivity index (χ1) is 12.1. The standard InChI is InChI=1S/C21H19ClN2S/c1-15-18(22)13-8-14-19(15)23-21(25)24-20(16-9-4-2-5-10-16)17-11-6-3-7-12-17/h2-14,20H,1H3,(H2,23,24,25). The van der Waals surface area contributed by atoms with Crippen LogP contribution in [0.1, 0.15) is 22.7 Å². The number of anilines is 1. The molecule has 126 valence electrons. The monoisotopic (exact) mass is 366 g/mol. The third-order valence-electron chi connectivity index (χ3n) is 4.06. The van der Waals surface area contributed by atoms with Crippen LogP contribution in [0.3, 0.4) is 0 Å². The van der Waals surface area contributed by atoms with E-state index < -0.39 is 0 Å². The Morgan fingerprint density at radius 1 is 0.840 bits per heavy atom. The molecule has 25 heavy (non-hydrogen) atoms. The van der Waals surface area contributed by atoms with E-state index in [9.17, 15) is 0 Å². The lowest BCUT2D eigenvalue weighted by atomic mass is 9.99. The number of halogens is 1. The molecule has 0 amide bonds. The van der Waals surface area contributed by atoms with Gasteiger partial charge in [-0.25, -0.2) is 0 Å². The van der Waals surface area contributed by atoms with E-state index in [2.05, 4.69) is 34.9 Å². The Bertz CT molecular complexity index is 811. The van der Waals surface area contributed by atoms with Crippen molar-refractivity contribution in [2.45, 2.75) is 13.0 Å². The maximum absolute atomic E-state index is 6.19. The van der Waals surface area contributed by atoms with Gasteiger partial charge in [-0.2, -0.15) is 0 Å². The summed E-state index contributed by atoms with van der Waals surface area (Å²) in [5.74, 6) is 0. The van der Waals surface area contributed by atoms with Crippen molar-refractivity contribution < 1.29 is 0 Å². The van der Waals surface area contributed by atoms with Gasteiger partial charge in [0.05, 0.1) is 6.04 Å². The number of hydrogen-bond acceptors (Lipinski definition) is 1. The SMILES string of the molecule is Cc1c(Cl)cccc1NC(=S)NC(c1ccccc1)c1ccccc1. The van der Waals surface area contributed by atoms with Crippen molar-refractivity contribution in [1.82, 2.24) is 5.32 Å². The summed E-state index contributed by atoms with van der Waals surface area (Å²) in [5.41, 5.74) is 4.19. The summed E-state index contributed by atoms with van der Waals surface area (Å²) in [6.07, 6.45) is 0. The first-order valence-corrected chi connectivity index (χ1v) is 8.86. The number of hydrogen-bond donors (Lipinski definition) is 2. The molecule has 4 heteroatoms. The molecule has 0 saturated heterocycles. The average molecular weight is 367 g/mol. The Kier molecular flexibility index (Phi) is 5.69. The summed E-state index contributed by atoms with van der Waals surface area (Å²) in [4.78, 5) is 0. The molecular formula is C21H19ClN2S. The number of thiocarbonyl (C=S) groups is 1. The van der Waals surface area contributed by atoms with Gasteiger partial charge in [0.15, 0.2) is 5.11 Å². The summed E-state index contributed by atoms with van der Waals surface area (Å²) in [5, 5.41) is 7.96. The molecule has 0 aromatic heterocycles. The Balaban J connectivity index is 1.83. The topological polar surface area (TPSA) is 24.1 Å². The van der Waals surface area contributed by atoms with Crippen LogP contribution in [-0.4, -0.2) is 5.11 Å². The van der Waals surface area contributed by atoms with E-state index in [-0.39, 0.29) is 6.04 Å². The molecule has 0 radical (unpaired) electrons. The van der Waals surface area contributed by atoms with Gasteiger partial charge in [-0.1, -0.05) is 78.3 Å². The van der Waals surface area contributed by atoms with Gasteiger partial charge >= 0.3 is 0 Å². The van der Waals surface area contributed by atoms with E-state index in [1.165, 1.54) is 0 Å². The normalized spacial score (nSPS) is 10.5. The predicted octanol–water partition coefficient (Wildman–Crippen LogP) is 5.72. The summed E-state index contributed by atoms with van der Waals surface area (Å²) in [7, 11) is 0. The van der Waals surface area contributed by atoms with Crippen LogP contribution in [0.2, 0.25) is 5.02 Å². The minimum absolute atomic E-state index is 0.0260. The van der Waals surface area contributed by atoms with Gasteiger partial charge in [-0.15, -0.1) is 0 Å². The molecule has 0 fully saturated rings. The molecule has 3 aromatic carbocycles. The average Bonchev–Trinajstić information content (AvgIpc) is 2.65. The van der Waals surface area contributed by atoms with Crippen molar-refractivity contribution in [3.05, 3.63) is 101 Å². The second-order valence-electron chi connectivity index (χ2n) is 5.77. The second-order valence-corrected chi connectivity index (χ2v) is 6.58. The summed E-state index contributed by atoms with van der Waals surface area (Å²) >= 11 is 11.7. The molecule has 0 unspecified atom stereocenters. The molecule has 0 aliphatic rings. The Hall–Kier alpha value is -2.36. The van der Waals surface area contributed by atoms with Crippen molar-refractivity contribution >= 4 is 34.6 Å². The molecule has 2 N–H and O–H groups in total. The number of nitrogens with one attached hydrogen (secondary N) is 2. The van der Waals surface area contributed by atoms with Crippen LogP contribution in [0.4, 0.5) is 5.69 Å². The van der Waals surface area contributed by atoms with Gasteiger partial charge in [0.1, 0.15) is 0 Å². The molecule has 0 atom stereocenters. The van der Waals surface area contributed by atoms with Gasteiger partial charge < -0.3 is 10.6 Å². The maximum atomic E-state index is 6.19. The summed E-state index contributed by atoms with van der Waals surface area (Å²) in [6.45, 7) is 1.97. The zero-order chi connectivity index (χ0) is 17.6. The molecule has 3 rings (SSSR count). The van der Waals surface area contributed by atoms with Crippen molar-refractivity contribution in [3.63, 3.8) is 0 Å². The molecule has 0 bridgehead atoms. The molecule has 0 aliphatic carbocycles. The van der Waals surface area contributed by atoms with Gasteiger partial charge in [-0.3, -0.25) is 0 Å². The summed E-state index contributed by atoms with van der Waals surface area (Å²) < 4.78 is 0. The zero-order valence-corrected chi connectivity index (χ0v) is 15.4. The fourth-order valence-corrected chi connectivity index (χ4v) is 3.08. The lowest BCUT2D eigenvalue weighted by Crippen LogP contribution is -2.33. The largest absolute Gasteiger partial charge is 0.352 e. The van der Waals surface area contributed by atoms with Crippen LogP contribution >= 0.6 is 23.8 Å². The van der Waals surface area contributed by atoms with Crippen molar-refractivity contribution in [2.24, 2.45) is 0 Å². The molecule has 0 heterocycles. The quantitative estimate of drug-likeness (QED) is 0.577. The minimum Gasteiger partial charge on any atom is -0.352 e. The van der Waals surface area contributed by atoms with E-state index in [0.29, 0.717) is 5.11 Å². The number of benzene rings is 3. The van der Waals surface area contributed by atoms with E-state index >= 15 is 0 Å². The van der Waals surface area contributed by atoms with E-state index in [4.69, 9.17) is 23.8 Å². The Morgan fingerprint density at radius 3 is 1.96 bits per heavy atom. The summed E-state index contributed by atoms with van der Waals surface area (Å²) in [6, 6.07) is 26.3. The first-order valence-electron chi connectivity index (χ1n) is 8.07. The van der Waals surface area contributed by atoms with Crippen molar-refractivity contribution in [2.75, 3.05) is 5.32 Å². The zero-order valence-electron chi connectivity index (χ0n) is 13.9. The lowest BCUT2D eigenvalue weighted by molar-refractivity contribution is 0.768. The smallest absolute Gasteiger partial charge is 0.171 e. The van der Waals surface area contributed by atoms with Crippen LogP contribution in [0.15, 0.2) is 78.9 Å². The van der Waals surface area contributed by atoms with Crippen molar-refractivity contribution in [1.29, 1.82) is 0 Å². The maximum Gasteiger partial charge on any atom is 0.171 e. The lowest BCUT2D eigenvalue weighted by Gasteiger charge is -2.22. The third kappa shape index (κ3) is 4.38. The van der Waals surface area contributed by atoms with Crippen LogP contribution < -0.4 is 10.6 Å². The highest BCUT2D eigenvalue weighted by atomic mass is 35.5. The van der Waals surface area contributed by atoms with E-state index in [0.717, 1.165) is 27.4 Å². The van der Waals surface area contributed by atoms with Crippen LogP contribution in [0.5, 0.6) is 0 Å². The van der Waals surface area contributed by atoms with Crippen LogP contribution in [0, 0.1) is 6.92 Å². The molecule has 0 saturated carbocycles. The van der Waals surface area contributed by atoms with Crippen molar-refractivity contribution in [3.8, 4) is 0 Å². The van der Waals surface area contributed by atoms with Crippen LogP contribution in [0.25, 0.3) is 0 Å². The van der Waals surface area contributed by atoms with E-state index in [1.54, 1.807) is 0 Å². The molecule has 0 aliphatic heterocycles. The highest BCUT2D eigenvalue weighted by molar-refractivity contribution is 7.80. The molecule has 2 nitrogen and oxygen atoms in total. The van der Waals surface area contributed by atoms with Gasteiger partial charge in [0, 0.05) is 10.7 Å². The van der Waals surface area contributed by atoms with E-state index in [1.807, 2.05) is 61.5 Å². The Morgan fingerprint density at radius 2 is 1.40 bits per heavy atom. The van der Waals surface area contributed by atoms with Gasteiger partial charge in [0.2, 0.25) is 0 Å². The Labute approximate surface area is 158 Å². The molecule has 3 aromatic rings. The third-order valence-corrected chi connectivity index (χ3v) is 4.69. The van der Waals surface area contributed by atoms with Crippen LogP contribution in [-0.2, 0) is 0 Å². The number of rotatable bonds is 4. The molecule has 0 spiro atoms. The van der Waals surface area contributed by atoms with Gasteiger partial charge in [-0.05, 0) is 48.0 Å². The highest BCUT2D eigenvalue weighted by Crippen LogP contribution is 2.24. The van der Waals surface area contributed by atoms with Gasteiger partial charge in [0.25, 0.3) is 0 Å². The molecular weight excluding hydrogens is 348 g/mol. The second kappa shape index (κ2) is 8.15. The predicted molar refractivity (Wildman–Crippen MR) is 110 cm³/mol.